The number of pyridine rings is 1. The molecule has 3 rings (SSSR count). The van der Waals surface area contributed by atoms with Gasteiger partial charge in [-0.05, 0) is 62.2 Å². The number of aryl methyl sites for hydroxylation is 1. The van der Waals surface area contributed by atoms with Crippen LogP contribution >= 0.6 is 0 Å². The third kappa shape index (κ3) is 6.61. The van der Waals surface area contributed by atoms with Gasteiger partial charge in [0.1, 0.15) is 11.3 Å². The number of benzene rings is 1. The normalized spacial score (nSPS) is 15.6. The van der Waals surface area contributed by atoms with Crippen molar-refractivity contribution < 1.29 is 50.6 Å². The Balaban J connectivity index is 0.000000540. The van der Waals surface area contributed by atoms with E-state index < -0.39 is 41.7 Å². The lowest BCUT2D eigenvalue weighted by atomic mass is 10.0. The van der Waals surface area contributed by atoms with Crippen molar-refractivity contribution in [3.63, 3.8) is 0 Å². The molecule has 14 heteroatoms. The second kappa shape index (κ2) is 9.80. The smallest absolute Gasteiger partial charge is 0.475 e. The highest BCUT2D eigenvalue weighted by molar-refractivity contribution is 6.22. The minimum atomic E-state index is -5.08. The Morgan fingerprint density at radius 1 is 1.06 bits per heavy atom. The zero-order valence-corrected chi connectivity index (χ0v) is 18.4. The lowest BCUT2D eigenvalue weighted by molar-refractivity contribution is -0.274. The molecule has 0 bridgehead atoms. The predicted molar refractivity (Wildman–Crippen MR) is 108 cm³/mol. The van der Waals surface area contributed by atoms with Gasteiger partial charge in [-0.2, -0.15) is 13.2 Å². The van der Waals surface area contributed by atoms with Crippen LogP contribution in [0, 0.1) is 6.92 Å². The number of carbonyl (C=O) groups is 3. The average Bonchev–Trinajstić information content (AvgIpc) is 2.88. The second-order valence-corrected chi connectivity index (χ2v) is 7.72. The SMILES string of the molecule is Cc1cnccc1CN1C(=O)N(c2ccc(OC(F)(F)F)cc2)C(=O)C1(C)C.O=C(O)C(F)(F)F. The molecule has 0 unspecified atom stereocenters. The van der Waals surface area contributed by atoms with Gasteiger partial charge in [0.15, 0.2) is 0 Å². The van der Waals surface area contributed by atoms with E-state index in [1.807, 2.05) is 6.92 Å². The molecule has 1 saturated heterocycles. The largest absolute Gasteiger partial charge is 0.573 e. The predicted octanol–water partition coefficient (Wildman–Crippen LogP) is 4.67. The van der Waals surface area contributed by atoms with Crippen molar-refractivity contribution in [2.75, 3.05) is 4.90 Å². The van der Waals surface area contributed by atoms with Crippen molar-refractivity contribution in [3.05, 3.63) is 53.9 Å². The van der Waals surface area contributed by atoms with Gasteiger partial charge in [0.2, 0.25) is 0 Å². The number of alkyl halides is 6. The molecule has 8 nitrogen and oxygen atoms in total. The summed E-state index contributed by atoms with van der Waals surface area (Å²) in [6.45, 7) is 5.32. The first-order valence-electron chi connectivity index (χ1n) is 9.66. The molecule has 0 atom stereocenters. The minimum Gasteiger partial charge on any atom is -0.475 e. The van der Waals surface area contributed by atoms with Crippen molar-refractivity contribution >= 4 is 23.6 Å². The van der Waals surface area contributed by atoms with Crippen LogP contribution < -0.4 is 9.64 Å². The van der Waals surface area contributed by atoms with E-state index in [-0.39, 0.29) is 12.2 Å². The summed E-state index contributed by atoms with van der Waals surface area (Å²) in [5.74, 6) is -3.65. The van der Waals surface area contributed by atoms with Gasteiger partial charge in [-0.25, -0.2) is 14.5 Å². The molecule has 35 heavy (non-hydrogen) atoms. The molecular weight excluding hydrogens is 488 g/mol. The number of aliphatic carboxylic acids is 1. The van der Waals surface area contributed by atoms with Gasteiger partial charge in [-0.1, -0.05) is 0 Å². The zero-order chi connectivity index (χ0) is 26.8. The Morgan fingerprint density at radius 3 is 2.06 bits per heavy atom. The van der Waals surface area contributed by atoms with Crippen molar-refractivity contribution in [1.82, 2.24) is 9.88 Å². The number of imide groups is 1. The quantitative estimate of drug-likeness (QED) is 0.477. The number of hydrogen-bond donors (Lipinski definition) is 1. The number of aromatic nitrogens is 1. The summed E-state index contributed by atoms with van der Waals surface area (Å²) in [4.78, 5) is 41.1. The number of halogens is 6. The van der Waals surface area contributed by atoms with E-state index in [9.17, 15) is 35.9 Å². The Kier molecular flexibility index (Phi) is 7.67. The van der Waals surface area contributed by atoms with Crippen LogP contribution in [0.5, 0.6) is 5.75 Å². The van der Waals surface area contributed by atoms with Crippen LogP contribution in [0.1, 0.15) is 25.0 Å². The lowest BCUT2D eigenvalue weighted by Crippen LogP contribution is -2.43. The number of ether oxygens (including phenoxy) is 1. The van der Waals surface area contributed by atoms with Crippen molar-refractivity contribution in [2.24, 2.45) is 0 Å². The first-order valence-corrected chi connectivity index (χ1v) is 9.66. The molecular formula is C21H19F6N3O5. The number of hydrogen-bond acceptors (Lipinski definition) is 5. The first-order chi connectivity index (χ1) is 15.9. The third-order valence-electron chi connectivity index (χ3n) is 4.86. The number of nitrogens with zero attached hydrogens (tertiary/aromatic N) is 3. The number of anilines is 1. The molecule has 1 aromatic heterocycles. The van der Waals surface area contributed by atoms with E-state index in [2.05, 4.69) is 9.72 Å². The summed E-state index contributed by atoms with van der Waals surface area (Å²) in [6.07, 6.45) is -6.63. The first kappa shape index (κ1) is 27.4. The van der Waals surface area contributed by atoms with Crippen molar-refractivity contribution in [2.45, 2.75) is 45.4 Å². The van der Waals surface area contributed by atoms with Crippen LogP contribution in [-0.2, 0) is 16.1 Å². The molecule has 0 spiro atoms. The van der Waals surface area contributed by atoms with E-state index in [4.69, 9.17) is 9.90 Å². The molecule has 1 N–H and O–H groups in total. The molecule has 2 aromatic rings. The van der Waals surface area contributed by atoms with Gasteiger partial charge in [0, 0.05) is 18.9 Å². The zero-order valence-electron chi connectivity index (χ0n) is 18.4. The highest BCUT2D eigenvalue weighted by Gasteiger charge is 2.51. The van der Waals surface area contributed by atoms with Crippen LogP contribution in [0.25, 0.3) is 0 Å². The fourth-order valence-corrected chi connectivity index (χ4v) is 2.98. The van der Waals surface area contributed by atoms with Crippen LogP contribution in [0.4, 0.5) is 36.8 Å². The minimum absolute atomic E-state index is 0.173. The van der Waals surface area contributed by atoms with Crippen molar-refractivity contribution in [1.29, 1.82) is 0 Å². The van der Waals surface area contributed by atoms with Gasteiger partial charge in [-0.15, -0.1) is 13.2 Å². The molecule has 0 radical (unpaired) electrons. The summed E-state index contributed by atoms with van der Waals surface area (Å²) in [7, 11) is 0. The molecule has 0 saturated carbocycles. The Labute approximate surface area is 194 Å². The molecule has 1 aliphatic rings. The summed E-state index contributed by atoms with van der Waals surface area (Å²) in [6, 6.07) is 5.84. The van der Waals surface area contributed by atoms with E-state index in [0.29, 0.717) is 0 Å². The van der Waals surface area contributed by atoms with Gasteiger partial charge < -0.3 is 14.7 Å². The molecule has 1 aromatic carbocycles. The lowest BCUT2D eigenvalue weighted by Gasteiger charge is -2.28. The van der Waals surface area contributed by atoms with Gasteiger partial charge in [0.05, 0.1) is 5.69 Å². The molecule has 190 valence electrons. The number of urea groups is 1. The topological polar surface area (TPSA) is 100 Å². The number of amides is 3. The number of carbonyl (C=O) groups excluding carboxylic acids is 2. The van der Waals surface area contributed by atoms with E-state index in [0.717, 1.165) is 28.2 Å². The fraction of sp³-hybridized carbons (Fsp3) is 0.333. The van der Waals surface area contributed by atoms with Gasteiger partial charge >= 0.3 is 24.5 Å². The van der Waals surface area contributed by atoms with E-state index in [1.165, 1.54) is 17.0 Å². The number of carboxylic acids is 1. The summed E-state index contributed by atoms with van der Waals surface area (Å²) in [5.41, 5.74) is 0.783. The van der Waals surface area contributed by atoms with E-state index >= 15 is 0 Å². The van der Waals surface area contributed by atoms with Crippen LogP contribution in [0.15, 0.2) is 42.7 Å². The molecule has 0 aliphatic carbocycles. The highest BCUT2D eigenvalue weighted by Crippen LogP contribution is 2.34. The Bertz CT molecular complexity index is 1100. The maximum atomic E-state index is 13.0. The standard InChI is InChI=1S/C19H18F3N3O3.C2HF3O2/c1-12-10-23-9-8-13(12)11-24-17(27)25(16(26)18(24,2)3)14-4-6-15(7-5-14)28-19(20,21)22;3-2(4,5)1(6)7/h4-10H,11H2,1-3H3;(H,6,7). The average molecular weight is 507 g/mol. The Morgan fingerprint density at radius 2 is 1.60 bits per heavy atom. The monoisotopic (exact) mass is 507 g/mol. The number of carboxylic acid groups (broad SMARTS) is 1. The maximum Gasteiger partial charge on any atom is 0.573 e. The van der Waals surface area contributed by atoms with Crippen LogP contribution in [-0.4, -0.2) is 51.0 Å². The van der Waals surface area contributed by atoms with E-state index in [1.54, 1.807) is 32.3 Å². The van der Waals surface area contributed by atoms with Crippen molar-refractivity contribution in [3.8, 4) is 5.75 Å². The van der Waals surface area contributed by atoms with Gasteiger partial charge in [-0.3, -0.25) is 9.78 Å². The summed E-state index contributed by atoms with van der Waals surface area (Å²) >= 11 is 0. The molecule has 1 aliphatic heterocycles. The summed E-state index contributed by atoms with van der Waals surface area (Å²) < 4.78 is 72.5. The molecule has 2 heterocycles. The highest BCUT2D eigenvalue weighted by atomic mass is 19.4. The van der Waals surface area contributed by atoms with Crippen LogP contribution in [0.3, 0.4) is 0 Å². The third-order valence-corrected chi connectivity index (χ3v) is 4.86. The summed E-state index contributed by atoms with van der Waals surface area (Å²) in [5, 5.41) is 7.12. The number of rotatable bonds is 4. The molecule has 3 amide bonds. The van der Waals surface area contributed by atoms with Gasteiger partial charge in [0.25, 0.3) is 5.91 Å². The fourth-order valence-electron chi connectivity index (χ4n) is 2.98. The molecule has 1 fully saturated rings. The second-order valence-electron chi connectivity index (χ2n) is 7.72. The Hall–Kier alpha value is -3.84. The van der Waals surface area contributed by atoms with Crippen LogP contribution in [0.2, 0.25) is 0 Å². The maximum absolute atomic E-state index is 13.0.